The minimum absolute atomic E-state index is 0.0615. The second-order valence-electron chi connectivity index (χ2n) is 12.8. The maximum atomic E-state index is 5.94. The van der Waals surface area contributed by atoms with Crippen molar-refractivity contribution in [1.29, 1.82) is 0 Å². The molecule has 1 saturated heterocycles. The van der Waals surface area contributed by atoms with E-state index in [9.17, 15) is 0 Å². The maximum Gasteiger partial charge on any atom is 0.230 e. The van der Waals surface area contributed by atoms with Crippen LogP contribution < -0.4 is 20.7 Å². The molecule has 0 atom stereocenters. The van der Waals surface area contributed by atoms with Crippen LogP contribution in [0.3, 0.4) is 0 Å². The van der Waals surface area contributed by atoms with Crippen LogP contribution >= 0.6 is 0 Å². The van der Waals surface area contributed by atoms with E-state index in [0.29, 0.717) is 25.1 Å². The van der Waals surface area contributed by atoms with Crippen LogP contribution in [0.15, 0.2) is 64.7 Å². The number of amidine groups is 1. The van der Waals surface area contributed by atoms with Gasteiger partial charge in [0.05, 0.1) is 6.54 Å². The molecule has 1 aromatic heterocycles. The third-order valence-corrected chi connectivity index (χ3v) is 7.66. The van der Waals surface area contributed by atoms with Gasteiger partial charge in [-0.25, -0.2) is 9.98 Å². The van der Waals surface area contributed by atoms with Crippen LogP contribution in [-0.2, 0) is 5.41 Å². The molecule has 0 spiro atoms. The van der Waals surface area contributed by atoms with E-state index in [0.717, 1.165) is 40.9 Å². The highest BCUT2D eigenvalue weighted by molar-refractivity contribution is 6.10. The van der Waals surface area contributed by atoms with E-state index in [4.69, 9.17) is 14.7 Å². The van der Waals surface area contributed by atoms with Crippen molar-refractivity contribution >= 4 is 34.9 Å². The number of aryl methyl sites for hydroxylation is 1. The number of nitrogens with zero attached hydrogens (tertiary/aromatic N) is 5. The summed E-state index contributed by atoms with van der Waals surface area (Å²) in [5.41, 5.74) is 3.87. The normalized spacial score (nSPS) is 16.9. The summed E-state index contributed by atoms with van der Waals surface area (Å²) in [7, 11) is 0. The number of rotatable bonds is 8. The van der Waals surface area contributed by atoms with Gasteiger partial charge >= 0.3 is 0 Å². The standard InChI is InChI=1S/C33H44N8O/c1-23-21-34-30(38-28(23)36-26-11-9-10-24(20-26)32(2,3)4)39-29-33(5,6)22-35-31(40-29)37-25-12-14-27(15-13-25)42-19-18-41-16-7-8-17-41/h9-15,20-21H,7-8,16-19,22H2,1-6H3,(H3,34,35,36,37,38,39,40). The molecule has 0 radical (unpaired) electrons. The number of aromatic nitrogens is 2. The molecule has 42 heavy (non-hydrogen) atoms. The average Bonchev–Trinajstić information content (AvgIpc) is 3.47. The molecule has 0 unspecified atom stereocenters. The van der Waals surface area contributed by atoms with Gasteiger partial charge in [0.1, 0.15) is 24.0 Å². The minimum Gasteiger partial charge on any atom is -0.492 e. The minimum atomic E-state index is -0.304. The van der Waals surface area contributed by atoms with Gasteiger partial charge in [-0.2, -0.15) is 9.98 Å². The number of ether oxygens (including phenoxy) is 1. The highest BCUT2D eigenvalue weighted by atomic mass is 16.5. The molecule has 0 amide bonds. The fraction of sp³-hybridized carbons (Fsp3) is 0.455. The van der Waals surface area contributed by atoms with E-state index >= 15 is 0 Å². The van der Waals surface area contributed by atoms with Crippen LogP contribution in [0.4, 0.5) is 23.1 Å². The van der Waals surface area contributed by atoms with Crippen molar-refractivity contribution in [3.05, 3.63) is 65.9 Å². The van der Waals surface area contributed by atoms with Crippen LogP contribution in [0.25, 0.3) is 0 Å². The lowest BCUT2D eigenvalue weighted by molar-refractivity contribution is 0.238. The summed E-state index contributed by atoms with van der Waals surface area (Å²) in [4.78, 5) is 21.3. The van der Waals surface area contributed by atoms with Crippen LogP contribution in [0.2, 0.25) is 0 Å². The van der Waals surface area contributed by atoms with Crippen molar-refractivity contribution in [3.63, 3.8) is 0 Å². The Kier molecular flexibility index (Phi) is 8.77. The van der Waals surface area contributed by atoms with Crippen molar-refractivity contribution in [2.45, 2.75) is 59.8 Å². The fourth-order valence-electron chi connectivity index (χ4n) is 4.90. The Balaban J connectivity index is 1.24. The van der Waals surface area contributed by atoms with Gasteiger partial charge in [0.2, 0.25) is 11.9 Å². The Morgan fingerprint density at radius 3 is 2.45 bits per heavy atom. The Bertz CT molecular complexity index is 1430. The molecular weight excluding hydrogens is 524 g/mol. The van der Waals surface area contributed by atoms with Crippen LogP contribution in [0.1, 0.15) is 58.6 Å². The summed E-state index contributed by atoms with van der Waals surface area (Å²) in [6, 6.07) is 16.4. The van der Waals surface area contributed by atoms with Crippen molar-refractivity contribution in [1.82, 2.24) is 14.9 Å². The summed E-state index contributed by atoms with van der Waals surface area (Å²) < 4.78 is 5.94. The van der Waals surface area contributed by atoms with Gasteiger partial charge in [0.25, 0.3) is 0 Å². The quantitative estimate of drug-likeness (QED) is 0.281. The molecule has 0 saturated carbocycles. The zero-order chi connectivity index (χ0) is 29.7. The summed E-state index contributed by atoms with van der Waals surface area (Å²) in [5.74, 6) is 3.40. The number of hydrogen-bond acceptors (Lipinski definition) is 9. The summed E-state index contributed by atoms with van der Waals surface area (Å²) >= 11 is 0. The lowest BCUT2D eigenvalue weighted by Gasteiger charge is -2.29. The molecule has 3 heterocycles. The zero-order valence-corrected chi connectivity index (χ0v) is 25.8. The van der Waals surface area contributed by atoms with Gasteiger partial charge in [-0.3, -0.25) is 4.90 Å². The number of likely N-dealkylation sites (tertiary alicyclic amines) is 1. The lowest BCUT2D eigenvalue weighted by Crippen LogP contribution is -2.39. The Morgan fingerprint density at radius 2 is 1.71 bits per heavy atom. The number of benzene rings is 2. The number of guanidine groups is 1. The summed E-state index contributed by atoms with van der Waals surface area (Å²) in [6.45, 7) is 17.5. The largest absolute Gasteiger partial charge is 0.492 e. The second kappa shape index (κ2) is 12.5. The van der Waals surface area contributed by atoms with Crippen molar-refractivity contribution in [3.8, 4) is 5.75 Å². The molecule has 222 valence electrons. The number of aliphatic imine (C=N–C) groups is 2. The Labute approximate surface area is 249 Å². The van der Waals surface area contributed by atoms with Crippen molar-refractivity contribution in [2.24, 2.45) is 15.4 Å². The highest BCUT2D eigenvalue weighted by Crippen LogP contribution is 2.28. The maximum absolute atomic E-state index is 5.94. The first-order valence-corrected chi connectivity index (χ1v) is 14.9. The van der Waals surface area contributed by atoms with E-state index in [1.165, 1.54) is 31.5 Å². The predicted molar refractivity (Wildman–Crippen MR) is 174 cm³/mol. The van der Waals surface area contributed by atoms with Gasteiger partial charge in [0.15, 0.2) is 0 Å². The monoisotopic (exact) mass is 568 g/mol. The smallest absolute Gasteiger partial charge is 0.230 e. The molecule has 2 aromatic carbocycles. The van der Waals surface area contributed by atoms with Gasteiger partial charge < -0.3 is 20.7 Å². The highest BCUT2D eigenvalue weighted by Gasteiger charge is 2.30. The molecule has 3 aromatic rings. The topological polar surface area (TPSA) is 99.1 Å². The number of hydrogen-bond donors (Lipinski definition) is 3. The molecule has 9 heteroatoms. The van der Waals surface area contributed by atoms with E-state index in [1.54, 1.807) is 0 Å². The first-order valence-electron chi connectivity index (χ1n) is 14.9. The molecule has 5 rings (SSSR count). The van der Waals surface area contributed by atoms with Crippen LogP contribution in [0.5, 0.6) is 5.75 Å². The molecule has 1 fully saturated rings. The fourth-order valence-corrected chi connectivity index (χ4v) is 4.90. The summed E-state index contributed by atoms with van der Waals surface area (Å²) in [5, 5.41) is 10.2. The molecule has 2 aliphatic rings. The van der Waals surface area contributed by atoms with E-state index in [1.807, 2.05) is 37.4 Å². The predicted octanol–water partition coefficient (Wildman–Crippen LogP) is 6.62. The van der Waals surface area contributed by atoms with Crippen molar-refractivity contribution < 1.29 is 4.74 Å². The van der Waals surface area contributed by atoms with Gasteiger partial charge in [0, 0.05) is 35.1 Å². The Hall–Kier alpha value is -3.98. The molecular formula is C33H44N8O. The van der Waals surface area contributed by atoms with E-state index in [2.05, 4.69) is 89.7 Å². The van der Waals surface area contributed by atoms with Gasteiger partial charge in [-0.15, -0.1) is 0 Å². The van der Waals surface area contributed by atoms with E-state index in [-0.39, 0.29) is 10.8 Å². The lowest BCUT2D eigenvalue weighted by atomic mass is 9.87. The van der Waals surface area contributed by atoms with Crippen molar-refractivity contribution in [2.75, 3.05) is 48.7 Å². The van der Waals surface area contributed by atoms with Gasteiger partial charge in [-0.1, -0.05) is 46.8 Å². The Morgan fingerprint density at radius 1 is 0.952 bits per heavy atom. The first kappa shape index (κ1) is 29.5. The first-order chi connectivity index (χ1) is 20.0. The third kappa shape index (κ3) is 7.64. The molecule has 3 N–H and O–H groups in total. The van der Waals surface area contributed by atoms with E-state index < -0.39 is 0 Å². The third-order valence-electron chi connectivity index (χ3n) is 7.66. The zero-order valence-electron chi connectivity index (χ0n) is 25.8. The molecule has 9 nitrogen and oxygen atoms in total. The molecule has 2 aliphatic heterocycles. The molecule has 0 aliphatic carbocycles. The average molecular weight is 569 g/mol. The summed E-state index contributed by atoms with van der Waals surface area (Å²) in [6.07, 6.45) is 4.41. The number of anilines is 4. The number of nitrogens with one attached hydrogen (secondary N) is 3. The molecule has 0 bridgehead atoms. The van der Waals surface area contributed by atoms with Crippen LogP contribution in [-0.4, -0.2) is 59.4 Å². The SMILES string of the molecule is Cc1cnc(NC2=NC(Nc3ccc(OCCN4CCCC4)cc3)=NCC2(C)C)nc1Nc1cccc(C(C)(C)C)c1. The second-order valence-corrected chi connectivity index (χ2v) is 12.8. The van der Waals surface area contributed by atoms with Gasteiger partial charge in [-0.05, 0) is 80.2 Å². The van der Waals surface area contributed by atoms with Crippen LogP contribution in [0, 0.1) is 12.3 Å².